The van der Waals surface area contributed by atoms with Crippen LogP contribution in [0.1, 0.15) is 54.9 Å². The number of hydrogen-bond donors (Lipinski definition) is 0. The first kappa shape index (κ1) is 18.7. The van der Waals surface area contributed by atoms with Gasteiger partial charge in [0.15, 0.2) is 0 Å². The van der Waals surface area contributed by atoms with Crippen molar-refractivity contribution >= 4 is 11.9 Å². The maximum Gasteiger partial charge on any atom is 0.343 e. The molecule has 2 aromatic rings. The van der Waals surface area contributed by atoms with Crippen LogP contribution in [0.2, 0.25) is 0 Å². The number of carbonyl (C=O) groups is 2. The van der Waals surface area contributed by atoms with Crippen molar-refractivity contribution < 1.29 is 19.1 Å². The topological polar surface area (TPSA) is 52.6 Å². The predicted molar refractivity (Wildman–Crippen MR) is 96.7 cm³/mol. The van der Waals surface area contributed by atoms with Crippen molar-refractivity contribution in [3.8, 4) is 5.75 Å². The van der Waals surface area contributed by atoms with Crippen LogP contribution in [0.5, 0.6) is 5.75 Å². The Labute approximate surface area is 148 Å². The third-order valence-corrected chi connectivity index (χ3v) is 3.92. The van der Waals surface area contributed by atoms with E-state index in [9.17, 15) is 9.59 Å². The molecule has 0 amide bonds. The maximum absolute atomic E-state index is 12.4. The van der Waals surface area contributed by atoms with Crippen LogP contribution in [0.25, 0.3) is 0 Å². The molecule has 0 aliphatic rings. The summed E-state index contributed by atoms with van der Waals surface area (Å²) >= 11 is 0. The molecule has 0 heterocycles. The predicted octanol–water partition coefficient (Wildman–Crippen LogP) is 4.74. The zero-order valence-electron chi connectivity index (χ0n) is 14.7. The second-order valence-corrected chi connectivity index (χ2v) is 5.74. The Balaban J connectivity index is 2.27. The Morgan fingerprint density at radius 2 is 1.64 bits per heavy atom. The number of rotatable bonds is 8. The molecule has 0 saturated heterocycles. The van der Waals surface area contributed by atoms with Crippen molar-refractivity contribution in [1.29, 1.82) is 0 Å². The number of benzene rings is 2. The van der Waals surface area contributed by atoms with Crippen molar-refractivity contribution in [2.45, 2.75) is 39.0 Å². The SMILES string of the molecule is CCCCC(C(=O)OCC)c1ccccc1OC(=O)c1ccccc1. The number of para-hydroxylation sites is 1. The van der Waals surface area contributed by atoms with Crippen LogP contribution in [0, 0.1) is 0 Å². The van der Waals surface area contributed by atoms with E-state index in [1.807, 2.05) is 18.2 Å². The first-order chi connectivity index (χ1) is 12.2. The Hall–Kier alpha value is -2.62. The quantitative estimate of drug-likeness (QED) is 0.514. The second kappa shape index (κ2) is 9.62. The van der Waals surface area contributed by atoms with Crippen LogP contribution >= 0.6 is 0 Å². The van der Waals surface area contributed by atoms with E-state index >= 15 is 0 Å². The molecule has 132 valence electrons. The molecule has 0 fully saturated rings. The Morgan fingerprint density at radius 1 is 0.960 bits per heavy atom. The van der Waals surface area contributed by atoms with Gasteiger partial charge in [0.1, 0.15) is 5.75 Å². The van der Waals surface area contributed by atoms with Crippen LogP contribution in [-0.2, 0) is 9.53 Å². The summed E-state index contributed by atoms with van der Waals surface area (Å²) in [6.07, 6.45) is 2.53. The van der Waals surface area contributed by atoms with Crippen LogP contribution in [-0.4, -0.2) is 18.5 Å². The molecule has 1 atom stereocenters. The third-order valence-electron chi connectivity index (χ3n) is 3.92. The highest BCUT2D eigenvalue weighted by atomic mass is 16.5. The van der Waals surface area contributed by atoms with Gasteiger partial charge < -0.3 is 9.47 Å². The molecule has 4 heteroatoms. The molecule has 4 nitrogen and oxygen atoms in total. The smallest absolute Gasteiger partial charge is 0.343 e. The summed E-state index contributed by atoms with van der Waals surface area (Å²) in [5, 5.41) is 0. The van der Waals surface area contributed by atoms with Crippen LogP contribution < -0.4 is 4.74 Å². The lowest BCUT2D eigenvalue weighted by atomic mass is 9.93. The minimum absolute atomic E-state index is 0.279. The fourth-order valence-corrected chi connectivity index (χ4v) is 2.65. The second-order valence-electron chi connectivity index (χ2n) is 5.74. The summed E-state index contributed by atoms with van der Waals surface area (Å²) in [5.41, 5.74) is 1.16. The van der Waals surface area contributed by atoms with E-state index in [0.29, 0.717) is 29.9 Å². The van der Waals surface area contributed by atoms with Gasteiger partial charge in [0.25, 0.3) is 0 Å². The third kappa shape index (κ3) is 5.18. The van der Waals surface area contributed by atoms with Gasteiger partial charge in [0.2, 0.25) is 0 Å². The van der Waals surface area contributed by atoms with Crippen molar-refractivity contribution in [2.24, 2.45) is 0 Å². The van der Waals surface area contributed by atoms with Gasteiger partial charge in [-0.25, -0.2) is 4.79 Å². The summed E-state index contributed by atoms with van der Waals surface area (Å²) in [6, 6.07) is 16.0. The zero-order valence-corrected chi connectivity index (χ0v) is 14.7. The van der Waals surface area contributed by atoms with E-state index < -0.39 is 11.9 Å². The zero-order chi connectivity index (χ0) is 18.1. The average molecular weight is 340 g/mol. The van der Waals surface area contributed by atoms with E-state index in [1.165, 1.54) is 0 Å². The summed E-state index contributed by atoms with van der Waals surface area (Å²) in [6.45, 7) is 4.19. The highest BCUT2D eigenvalue weighted by Crippen LogP contribution is 2.32. The fourth-order valence-electron chi connectivity index (χ4n) is 2.65. The van der Waals surface area contributed by atoms with E-state index in [1.54, 1.807) is 43.3 Å². The molecule has 0 bridgehead atoms. The van der Waals surface area contributed by atoms with Crippen LogP contribution in [0.3, 0.4) is 0 Å². The number of unbranched alkanes of at least 4 members (excludes halogenated alkanes) is 1. The molecule has 1 unspecified atom stereocenters. The van der Waals surface area contributed by atoms with Crippen molar-refractivity contribution in [3.05, 3.63) is 65.7 Å². The molecule has 0 aliphatic carbocycles. The molecular formula is C21H24O4. The monoisotopic (exact) mass is 340 g/mol. The molecule has 2 aromatic carbocycles. The van der Waals surface area contributed by atoms with E-state index in [0.717, 1.165) is 12.8 Å². The van der Waals surface area contributed by atoms with Gasteiger partial charge in [-0.15, -0.1) is 0 Å². The van der Waals surface area contributed by atoms with E-state index in [4.69, 9.17) is 9.47 Å². The minimum atomic E-state index is -0.439. The first-order valence-corrected chi connectivity index (χ1v) is 8.70. The fraction of sp³-hybridized carbons (Fsp3) is 0.333. The highest BCUT2D eigenvalue weighted by Gasteiger charge is 2.25. The molecule has 0 aromatic heterocycles. The van der Waals surface area contributed by atoms with Gasteiger partial charge in [-0.3, -0.25) is 4.79 Å². The van der Waals surface area contributed by atoms with Gasteiger partial charge in [0, 0.05) is 5.56 Å². The summed E-state index contributed by atoms with van der Waals surface area (Å²) in [4.78, 5) is 24.8. The number of ether oxygens (including phenoxy) is 2. The van der Waals surface area contributed by atoms with Gasteiger partial charge in [-0.1, -0.05) is 56.2 Å². The Bertz CT molecular complexity index is 694. The lowest BCUT2D eigenvalue weighted by Gasteiger charge is -2.18. The van der Waals surface area contributed by atoms with Gasteiger partial charge in [0.05, 0.1) is 18.1 Å². The number of hydrogen-bond acceptors (Lipinski definition) is 4. The van der Waals surface area contributed by atoms with Gasteiger partial charge >= 0.3 is 11.9 Å². The Kier molecular flexibility index (Phi) is 7.20. The summed E-state index contributed by atoms with van der Waals surface area (Å²) in [5.74, 6) is -0.740. The molecule has 2 rings (SSSR count). The molecule has 0 radical (unpaired) electrons. The van der Waals surface area contributed by atoms with Crippen molar-refractivity contribution in [2.75, 3.05) is 6.61 Å². The largest absolute Gasteiger partial charge is 0.466 e. The van der Waals surface area contributed by atoms with Crippen LogP contribution in [0.4, 0.5) is 0 Å². The summed E-state index contributed by atoms with van der Waals surface area (Å²) in [7, 11) is 0. The van der Waals surface area contributed by atoms with Crippen LogP contribution in [0.15, 0.2) is 54.6 Å². The highest BCUT2D eigenvalue weighted by molar-refractivity contribution is 5.91. The first-order valence-electron chi connectivity index (χ1n) is 8.70. The maximum atomic E-state index is 12.4. The average Bonchev–Trinajstić information content (AvgIpc) is 2.64. The van der Waals surface area contributed by atoms with Crippen molar-refractivity contribution in [1.82, 2.24) is 0 Å². The van der Waals surface area contributed by atoms with Gasteiger partial charge in [-0.05, 0) is 31.5 Å². The number of esters is 2. The molecular weight excluding hydrogens is 316 g/mol. The standard InChI is InChI=1S/C21H24O4/c1-3-5-13-18(21(23)24-4-2)17-14-9-10-15-19(17)25-20(22)16-11-7-6-8-12-16/h6-12,14-15,18H,3-5,13H2,1-2H3. The molecule has 0 N–H and O–H groups in total. The van der Waals surface area contributed by atoms with Crippen molar-refractivity contribution in [3.63, 3.8) is 0 Å². The lowest BCUT2D eigenvalue weighted by molar-refractivity contribution is -0.145. The molecule has 0 saturated carbocycles. The molecule has 0 spiro atoms. The summed E-state index contributed by atoms with van der Waals surface area (Å²) < 4.78 is 10.8. The normalized spacial score (nSPS) is 11.6. The lowest BCUT2D eigenvalue weighted by Crippen LogP contribution is -2.18. The molecule has 25 heavy (non-hydrogen) atoms. The van der Waals surface area contributed by atoms with E-state index in [-0.39, 0.29) is 5.97 Å². The van der Waals surface area contributed by atoms with Gasteiger partial charge in [-0.2, -0.15) is 0 Å². The Morgan fingerprint density at radius 3 is 2.32 bits per heavy atom. The van der Waals surface area contributed by atoms with E-state index in [2.05, 4.69) is 6.92 Å². The number of carbonyl (C=O) groups excluding carboxylic acids is 2. The minimum Gasteiger partial charge on any atom is -0.466 e. The molecule has 0 aliphatic heterocycles.